The molecule has 3 rings (SSSR count). The van der Waals surface area contributed by atoms with Crippen molar-refractivity contribution in [2.45, 2.75) is 25.0 Å². The van der Waals surface area contributed by atoms with Gasteiger partial charge in [0, 0.05) is 6.04 Å². The molecule has 0 saturated heterocycles. The predicted molar refractivity (Wildman–Crippen MR) is 105 cm³/mol. The van der Waals surface area contributed by atoms with E-state index >= 15 is 0 Å². The summed E-state index contributed by atoms with van der Waals surface area (Å²) in [4.78, 5) is 13.0. The molecule has 0 aliphatic heterocycles. The molecule has 0 aliphatic carbocycles. The van der Waals surface area contributed by atoms with Crippen LogP contribution in [0.5, 0.6) is 5.75 Å². The summed E-state index contributed by atoms with van der Waals surface area (Å²) in [6, 6.07) is 11.8. The van der Waals surface area contributed by atoms with Crippen molar-refractivity contribution in [1.29, 1.82) is 0 Å². The van der Waals surface area contributed by atoms with Crippen LogP contribution in [0, 0.1) is 0 Å². The molecule has 0 fully saturated rings. The van der Waals surface area contributed by atoms with E-state index in [0.29, 0.717) is 5.16 Å². The highest BCUT2D eigenvalue weighted by Gasteiger charge is 2.20. The van der Waals surface area contributed by atoms with E-state index in [1.165, 1.54) is 11.8 Å². The fourth-order valence-corrected chi connectivity index (χ4v) is 3.91. The van der Waals surface area contributed by atoms with Gasteiger partial charge in [0.1, 0.15) is 5.75 Å². The molecule has 2 aromatic heterocycles. The number of amides is 1. The summed E-state index contributed by atoms with van der Waals surface area (Å²) in [7, 11) is 1.64. The first-order chi connectivity index (χ1) is 12.6. The van der Waals surface area contributed by atoms with Crippen molar-refractivity contribution < 1.29 is 9.53 Å². The van der Waals surface area contributed by atoms with E-state index in [9.17, 15) is 4.79 Å². The maximum atomic E-state index is 12.0. The van der Waals surface area contributed by atoms with Crippen LogP contribution in [-0.4, -0.2) is 39.6 Å². The van der Waals surface area contributed by atoms with Crippen LogP contribution in [0.3, 0.4) is 0 Å². The Hall–Kier alpha value is -2.32. The topological polar surface area (TPSA) is 69.0 Å². The summed E-state index contributed by atoms with van der Waals surface area (Å²) < 4.78 is 7.46. The number of ether oxygens (including phenoxy) is 1. The molecular weight excluding hydrogens is 368 g/mol. The molecule has 26 heavy (non-hydrogen) atoms. The molecule has 2 heterocycles. The molecule has 1 amide bonds. The lowest BCUT2D eigenvalue weighted by Gasteiger charge is -2.13. The number of carbonyl (C=O) groups is 1. The number of carbonyl (C=O) groups excluding carboxylic acids is 1. The van der Waals surface area contributed by atoms with Crippen LogP contribution in [0.15, 0.2) is 46.9 Å². The number of nitrogens with zero attached hydrogens (tertiary/aromatic N) is 3. The minimum atomic E-state index is -0.0303. The largest absolute Gasteiger partial charge is 0.495 e. The highest BCUT2D eigenvalue weighted by molar-refractivity contribution is 7.99. The van der Waals surface area contributed by atoms with Crippen molar-refractivity contribution in [2.24, 2.45) is 0 Å². The fraction of sp³-hybridized carbons (Fsp3) is 0.278. The van der Waals surface area contributed by atoms with E-state index in [2.05, 4.69) is 15.5 Å². The van der Waals surface area contributed by atoms with Gasteiger partial charge in [-0.1, -0.05) is 30.0 Å². The van der Waals surface area contributed by atoms with Crippen molar-refractivity contribution in [3.8, 4) is 22.1 Å². The summed E-state index contributed by atoms with van der Waals surface area (Å²) in [6.45, 7) is 3.88. The first kappa shape index (κ1) is 18.5. The van der Waals surface area contributed by atoms with Gasteiger partial charge in [-0.2, -0.15) is 0 Å². The molecule has 0 atom stereocenters. The molecule has 8 heteroatoms. The zero-order valence-electron chi connectivity index (χ0n) is 14.8. The molecular formula is C18H20N4O2S2. The monoisotopic (exact) mass is 388 g/mol. The van der Waals surface area contributed by atoms with Crippen LogP contribution in [0.25, 0.3) is 16.4 Å². The molecule has 0 aliphatic rings. The van der Waals surface area contributed by atoms with Gasteiger partial charge >= 0.3 is 0 Å². The zero-order valence-corrected chi connectivity index (χ0v) is 16.4. The second-order valence-electron chi connectivity index (χ2n) is 5.80. The Morgan fingerprint density at radius 1 is 1.27 bits per heavy atom. The van der Waals surface area contributed by atoms with Crippen molar-refractivity contribution in [3.05, 3.63) is 41.8 Å². The third kappa shape index (κ3) is 4.08. The van der Waals surface area contributed by atoms with E-state index in [1.807, 2.05) is 60.2 Å². The number of aromatic nitrogens is 3. The standard InChI is InChI=1S/C18H20N4O2S2/c1-12(2)19-16(23)11-26-18-21-20-17(15-9-6-10-25-15)22(18)13-7-4-5-8-14(13)24-3/h4-10,12H,11H2,1-3H3,(H,19,23). The lowest BCUT2D eigenvalue weighted by Crippen LogP contribution is -2.31. The third-order valence-electron chi connectivity index (χ3n) is 3.48. The van der Waals surface area contributed by atoms with Gasteiger partial charge in [-0.3, -0.25) is 9.36 Å². The van der Waals surface area contributed by atoms with E-state index in [1.54, 1.807) is 18.4 Å². The third-order valence-corrected chi connectivity index (χ3v) is 5.28. The van der Waals surface area contributed by atoms with Gasteiger partial charge < -0.3 is 10.1 Å². The molecule has 1 N–H and O–H groups in total. The maximum absolute atomic E-state index is 12.0. The Morgan fingerprint density at radius 3 is 2.77 bits per heavy atom. The lowest BCUT2D eigenvalue weighted by atomic mass is 10.3. The van der Waals surface area contributed by atoms with E-state index in [0.717, 1.165) is 22.1 Å². The molecule has 0 bridgehead atoms. The van der Waals surface area contributed by atoms with Crippen molar-refractivity contribution in [3.63, 3.8) is 0 Å². The van der Waals surface area contributed by atoms with E-state index in [4.69, 9.17) is 4.74 Å². The second-order valence-corrected chi connectivity index (χ2v) is 7.69. The van der Waals surface area contributed by atoms with Gasteiger partial charge in [-0.25, -0.2) is 0 Å². The van der Waals surface area contributed by atoms with E-state index < -0.39 is 0 Å². The molecule has 1 aromatic carbocycles. The summed E-state index contributed by atoms with van der Waals surface area (Å²) >= 11 is 2.95. The molecule has 0 saturated carbocycles. The maximum Gasteiger partial charge on any atom is 0.230 e. The van der Waals surface area contributed by atoms with E-state index in [-0.39, 0.29) is 17.7 Å². The first-order valence-electron chi connectivity index (χ1n) is 8.15. The van der Waals surface area contributed by atoms with Gasteiger partial charge in [-0.05, 0) is 37.4 Å². The van der Waals surface area contributed by atoms with Gasteiger partial charge in [0.05, 0.1) is 23.4 Å². The molecule has 6 nitrogen and oxygen atoms in total. The number of thioether (sulfide) groups is 1. The first-order valence-corrected chi connectivity index (χ1v) is 10.0. The van der Waals surface area contributed by atoms with Crippen LogP contribution < -0.4 is 10.1 Å². The number of methoxy groups -OCH3 is 1. The Bertz CT molecular complexity index is 875. The summed E-state index contributed by atoms with van der Waals surface area (Å²) in [6.07, 6.45) is 0. The van der Waals surface area contributed by atoms with Crippen LogP contribution in [0.1, 0.15) is 13.8 Å². The molecule has 3 aromatic rings. The Balaban J connectivity index is 1.99. The number of para-hydroxylation sites is 2. The van der Waals surface area contributed by atoms with Gasteiger partial charge in [-0.15, -0.1) is 21.5 Å². The minimum Gasteiger partial charge on any atom is -0.495 e. The smallest absolute Gasteiger partial charge is 0.230 e. The number of nitrogens with one attached hydrogen (secondary N) is 1. The Kier molecular flexibility index (Phi) is 5.95. The van der Waals surface area contributed by atoms with Crippen LogP contribution in [0.2, 0.25) is 0 Å². The minimum absolute atomic E-state index is 0.0303. The molecule has 136 valence electrons. The highest BCUT2D eigenvalue weighted by Crippen LogP contribution is 2.33. The average Bonchev–Trinajstić information content (AvgIpc) is 3.28. The SMILES string of the molecule is COc1ccccc1-n1c(SCC(=O)NC(C)C)nnc1-c1cccs1. The van der Waals surface area contributed by atoms with Gasteiger partial charge in [0.15, 0.2) is 11.0 Å². The van der Waals surface area contributed by atoms with Crippen molar-refractivity contribution >= 4 is 29.0 Å². The fourth-order valence-electron chi connectivity index (χ4n) is 2.45. The van der Waals surface area contributed by atoms with Crippen molar-refractivity contribution in [1.82, 2.24) is 20.1 Å². The van der Waals surface area contributed by atoms with Crippen LogP contribution in [0.4, 0.5) is 0 Å². The Morgan fingerprint density at radius 2 is 2.08 bits per heavy atom. The summed E-state index contributed by atoms with van der Waals surface area (Å²) in [5.41, 5.74) is 0.843. The summed E-state index contributed by atoms with van der Waals surface area (Å²) in [5.74, 6) is 1.70. The van der Waals surface area contributed by atoms with Gasteiger partial charge in [0.2, 0.25) is 5.91 Å². The van der Waals surface area contributed by atoms with Crippen LogP contribution >= 0.6 is 23.1 Å². The number of rotatable bonds is 7. The predicted octanol–water partition coefficient (Wildman–Crippen LogP) is 3.62. The lowest BCUT2D eigenvalue weighted by molar-refractivity contribution is -0.119. The molecule has 0 radical (unpaired) electrons. The van der Waals surface area contributed by atoms with Gasteiger partial charge in [0.25, 0.3) is 0 Å². The quantitative estimate of drug-likeness (QED) is 0.626. The highest BCUT2D eigenvalue weighted by atomic mass is 32.2. The van der Waals surface area contributed by atoms with Crippen molar-refractivity contribution in [2.75, 3.05) is 12.9 Å². The Labute approximate surface area is 160 Å². The zero-order chi connectivity index (χ0) is 18.5. The second kappa shape index (κ2) is 8.37. The number of thiophene rings is 1. The molecule has 0 spiro atoms. The molecule has 0 unspecified atom stereocenters. The summed E-state index contributed by atoms with van der Waals surface area (Å²) in [5, 5.41) is 14.2. The number of hydrogen-bond acceptors (Lipinski definition) is 6. The normalized spacial score (nSPS) is 10.9. The average molecular weight is 389 g/mol. The van der Waals surface area contributed by atoms with Crippen LogP contribution in [-0.2, 0) is 4.79 Å². The number of hydrogen-bond donors (Lipinski definition) is 1. The number of benzene rings is 1.